The normalized spacial score (nSPS) is 20.0. The zero-order valence-electron chi connectivity index (χ0n) is 3.39. The van der Waals surface area contributed by atoms with Crippen molar-refractivity contribution < 1.29 is 9.47 Å². The molecule has 0 aromatic heterocycles. The zero-order chi connectivity index (χ0) is 4.24. The van der Waals surface area contributed by atoms with E-state index in [2.05, 4.69) is 9.47 Å². The molecule has 0 aliphatic carbocycles. The van der Waals surface area contributed by atoms with Crippen molar-refractivity contribution in [2.45, 2.75) is 0 Å². The lowest BCUT2D eigenvalue weighted by Crippen LogP contribution is -1.20. The fraction of sp³-hybridized carbons (Fsp3) is 0.500. The second kappa shape index (κ2) is 1.82. The second-order valence-electron chi connectivity index (χ2n) is 1.02. The molecule has 2 aliphatic rings. The highest BCUT2D eigenvalue weighted by molar-refractivity contribution is 4.76. The van der Waals surface area contributed by atoms with E-state index in [1.807, 2.05) is 0 Å². The summed E-state index contributed by atoms with van der Waals surface area (Å²) in [6, 6.07) is 0. The first kappa shape index (κ1) is 3.68. The molecule has 0 amide bonds. The van der Waals surface area contributed by atoms with Crippen LogP contribution in [0, 0.1) is 0 Å². The van der Waals surface area contributed by atoms with E-state index in [1.165, 1.54) is 0 Å². The SMILES string of the molecule is C1=CO1.C1CO1. The van der Waals surface area contributed by atoms with Crippen molar-refractivity contribution >= 4 is 0 Å². The summed E-state index contributed by atoms with van der Waals surface area (Å²) in [4.78, 5) is 0. The molecule has 2 nitrogen and oxygen atoms in total. The molecule has 0 unspecified atom stereocenters. The Balaban J connectivity index is 0.0000000600. The lowest BCUT2D eigenvalue weighted by atomic mass is 11.0. The van der Waals surface area contributed by atoms with Crippen molar-refractivity contribution in [1.82, 2.24) is 0 Å². The van der Waals surface area contributed by atoms with E-state index < -0.39 is 0 Å². The molecule has 0 aromatic rings. The number of ether oxygens (including phenoxy) is 2. The van der Waals surface area contributed by atoms with Gasteiger partial charge in [-0.05, 0) is 0 Å². The van der Waals surface area contributed by atoms with Crippen LogP contribution >= 0.6 is 0 Å². The molecule has 6 heavy (non-hydrogen) atoms. The Bertz CT molecular complexity index is 49.8. The van der Waals surface area contributed by atoms with E-state index in [0.29, 0.717) is 0 Å². The highest BCUT2D eigenvalue weighted by atomic mass is 16.6. The van der Waals surface area contributed by atoms with Gasteiger partial charge in [0.05, 0.1) is 13.2 Å². The summed E-state index contributed by atoms with van der Waals surface area (Å²) >= 11 is 0. The van der Waals surface area contributed by atoms with Crippen LogP contribution in [0.3, 0.4) is 0 Å². The maximum absolute atomic E-state index is 4.50. The molecule has 1 fully saturated rings. The molecule has 0 bridgehead atoms. The topological polar surface area (TPSA) is 25.1 Å². The molecule has 2 heterocycles. The Morgan fingerprint density at radius 3 is 1.50 bits per heavy atom. The second-order valence-corrected chi connectivity index (χ2v) is 1.02. The Kier molecular flexibility index (Phi) is 1.12. The van der Waals surface area contributed by atoms with Gasteiger partial charge in [-0.1, -0.05) is 0 Å². The third-order valence-corrected chi connectivity index (χ3v) is 0.340. The minimum absolute atomic E-state index is 1.00. The highest BCUT2D eigenvalue weighted by Crippen LogP contribution is 1.89. The molecule has 0 atom stereocenters. The van der Waals surface area contributed by atoms with Gasteiger partial charge in [0, 0.05) is 0 Å². The van der Waals surface area contributed by atoms with Crippen LogP contribution in [0.15, 0.2) is 12.5 Å². The quantitative estimate of drug-likeness (QED) is 0.401. The van der Waals surface area contributed by atoms with E-state index in [-0.39, 0.29) is 0 Å². The minimum Gasteiger partial charge on any atom is -0.466 e. The van der Waals surface area contributed by atoms with Gasteiger partial charge in [-0.3, -0.25) is 0 Å². The molecule has 1 saturated heterocycles. The predicted molar refractivity (Wildman–Crippen MR) is 21.0 cm³/mol. The first-order valence-corrected chi connectivity index (χ1v) is 1.88. The predicted octanol–water partition coefficient (Wildman–Crippen LogP) is 0.504. The molecular formula is C4H6O2. The lowest BCUT2D eigenvalue weighted by molar-refractivity contribution is 0.475. The summed E-state index contributed by atoms with van der Waals surface area (Å²) in [5.41, 5.74) is 0. The third kappa shape index (κ3) is 9.72. The number of rotatable bonds is 0. The van der Waals surface area contributed by atoms with Gasteiger partial charge in [-0.2, -0.15) is 0 Å². The van der Waals surface area contributed by atoms with Crippen LogP contribution in [0.25, 0.3) is 0 Å². The Hall–Kier alpha value is -0.500. The largest absolute Gasteiger partial charge is 0.466 e. The van der Waals surface area contributed by atoms with Crippen molar-refractivity contribution in [3.8, 4) is 0 Å². The average Bonchev–Trinajstić information content (AvgIpc) is 2.31. The zero-order valence-corrected chi connectivity index (χ0v) is 3.39. The molecule has 2 aliphatic heterocycles. The monoisotopic (exact) mass is 86.0 g/mol. The van der Waals surface area contributed by atoms with Gasteiger partial charge in [-0.15, -0.1) is 0 Å². The number of epoxide rings is 1. The van der Waals surface area contributed by atoms with E-state index in [9.17, 15) is 0 Å². The molecule has 2 heteroatoms. The maximum atomic E-state index is 4.50. The number of hydrogen-bond acceptors (Lipinski definition) is 2. The average molecular weight is 86.1 g/mol. The summed E-state index contributed by atoms with van der Waals surface area (Å²) in [5.74, 6) is 0. The van der Waals surface area contributed by atoms with E-state index in [4.69, 9.17) is 0 Å². The van der Waals surface area contributed by atoms with Crippen molar-refractivity contribution in [3.63, 3.8) is 0 Å². The van der Waals surface area contributed by atoms with Gasteiger partial charge in [0.1, 0.15) is 12.5 Å². The summed E-state index contributed by atoms with van der Waals surface area (Å²) in [6.07, 6.45) is 3.25. The third-order valence-electron chi connectivity index (χ3n) is 0.340. The molecular weight excluding hydrogens is 80.0 g/mol. The molecule has 2 rings (SSSR count). The van der Waals surface area contributed by atoms with Gasteiger partial charge in [-0.25, -0.2) is 0 Å². The van der Waals surface area contributed by atoms with Gasteiger partial charge in [0.25, 0.3) is 0 Å². The van der Waals surface area contributed by atoms with Crippen molar-refractivity contribution in [2.75, 3.05) is 13.2 Å². The van der Waals surface area contributed by atoms with Crippen LogP contribution < -0.4 is 0 Å². The fourth-order valence-corrected chi connectivity index (χ4v) is 0. The van der Waals surface area contributed by atoms with E-state index >= 15 is 0 Å². The maximum Gasteiger partial charge on any atom is 0.125 e. The summed E-state index contributed by atoms with van der Waals surface area (Å²) < 4.78 is 8.75. The first-order valence-electron chi connectivity index (χ1n) is 1.88. The molecule has 34 valence electrons. The van der Waals surface area contributed by atoms with Crippen LogP contribution in [-0.2, 0) is 9.47 Å². The van der Waals surface area contributed by atoms with Gasteiger partial charge in [0.2, 0.25) is 0 Å². The van der Waals surface area contributed by atoms with Crippen molar-refractivity contribution in [3.05, 3.63) is 12.5 Å². The fourth-order valence-electron chi connectivity index (χ4n) is 0. The van der Waals surface area contributed by atoms with Crippen LogP contribution in [-0.4, -0.2) is 13.2 Å². The smallest absolute Gasteiger partial charge is 0.125 e. The minimum atomic E-state index is 1.00. The lowest BCUT2D eigenvalue weighted by Gasteiger charge is -1.37. The van der Waals surface area contributed by atoms with Gasteiger partial charge >= 0.3 is 0 Å². The van der Waals surface area contributed by atoms with E-state index in [0.717, 1.165) is 13.2 Å². The molecule has 0 N–H and O–H groups in total. The Morgan fingerprint density at radius 2 is 1.50 bits per heavy atom. The number of hydrogen-bond donors (Lipinski definition) is 0. The van der Waals surface area contributed by atoms with Crippen LogP contribution in [0.2, 0.25) is 0 Å². The molecule has 0 saturated carbocycles. The van der Waals surface area contributed by atoms with Crippen molar-refractivity contribution in [2.24, 2.45) is 0 Å². The van der Waals surface area contributed by atoms with Crippen molar-refractivity contribution in [1.29, 1.82) is 0 Å². The highest BCUT2D eigenvalue weighted by Gasteiger charge is 1.94. The standard InChI is InChI=1S/C2H4O.C2H2O/c2*1-2-3-1/h1-2H2;1-2H. The van der Waals surface area contributed by atoms with Crippen LogP contribution in [0.1, 0.15) is 0 Å². The molecule has 0 aromatic carbocycles. The van der Waals surface area contributed by atoms with Gasteiger partial charge in [0.15, 0.2) is 0 Å². The first-order chi connectivity index (χ1) is 3.00. The molecule has 0 spiro atoms. The van der Waals surface area contributed by atoms with Gasteiger partial charge < -0.3 is 9.47 Å². The Labute approximate surface area is 36.4 Å². The molecule has 0 radical (unpaired) electrons. The van der Waals surface area contributed by atoms with Crippen LogP contribution in [0.5, 0.6) is 0 Å². The Morgan fingerprint density at radius 1 is 1.17 bits per heavy atom. The van der Waals surface area contributed by atoms with E-state index in [1.54, 1.807) is 12.5 Å². The summed E-state index contributed by atoms with van der Waals surface area (Å²) in [6.45, 7) is 2.00. The summed E-state index contributed by atoms with van der Waals surface area (Å²) in [5, 5.41) is 0. The summed E-state index contributed by atoms with van der Waals surface area (Å²) in [7, 11) is 0. The van der Waals surface area contributed by atoms with Crippen LogP contribution in [0.4, 0.5) is 0 Å².